The highest BCUT2D eigenvalue weighted by Crippen LogP contribution is 2.10. The topological polar surface area (TPSA) is 89.6 Å². The normalized spacial score (nSPS) is 9.16. The molecule has 5 nitrogen and oxygen atoms in total. The Kier molecular flexibility index (Phi) is 3.51. The molecule has 0 aliphatic rings. The lowest BCUT2D eigenvalue weighted by Crippen LogP contribution is -2.13. The summed E-state index contributed by atoms with van der Waals surface area (Å²) in [4.78, 5) is 15.7. The maximum absolute atomic E-state index is 11.8. The van der Waals surface area contributed by atoms with Gasteiger partial charge in [-0.05, 0) is 36.4 Å². The molecule has 1 N–H and O–H groups in total. The smallest absolute Gasteiger partial charge is 0.274 e. The molecule has 0 spiro atoms. The van der Waals surface area contributed by atoms with Gasteiger partial charge in [0.1, 0.15) is 11.8 Å². The van der Waals surface area contributed by atoms with Crippen molar-refractivity contribution in [2.45, 2.75) is 0 Å². The number of aromatic nitrogens is 1. The molecule has 2 rings (SSSR count). The molecule has 0 saturated heterocycles. The minimum Gasteiger partial charge on any atom is -0.321 e. The van der Waals surface area contributed by atoms with Gasteiger partial charge >= 0.3 is 0 Å². The number of benzene rings is 1. The third-order valence-electron chi connectivity index (χ3n) is 2.40. The number of amides is 1. The van der Waals surface area contributed by atoms with Crippen LogP contribution in [-0.4, -0.2) is 10.9 Å². The van der Waals surface area contributed by atoms with E-state index in [0.29, 0.717) is 16.8 Å². The van der Waals surface area contributed by atoms with Crippen LogP contribution in [0.1, 0.15) is 21.6 Å². The number of hydrogen-bond acceptors (Lipinski definition) is 4. The van der Waals surface area contributed by atoms with Crippen LogP contribution in [0.2, 0.25) is 0 Å². The second-order valence-electron chi connectivity index (χ2n) is 3.69. The monoisotopic (exact) mass is 248 g/mol. The van der Waals surface area contributed by atoms with E-state index in [1.54, 1.807) is 24.3 Å². The van der Waals surface area contributed by atoms with E-state index in [2.05, 4.69) is 10.3 Å². The predicted molar refractivity (Wildman–Crippen MR) is 68.1 cm³/mol. The lowest BCUT2D eigenvalue weighted by molar-refractivity contribution is 0.102. The van der Waals surface area contributed by atoms with Crippen molar-refractivity contribution in [2.75, 3.05) is 5.32 Å². The fourth-order valence-electron chi connectivity index (χ4n) is 1.42. The van der Waals surface area contributed by atoms with Gasteiger partial charge in [0.25, 0.3) is 5.91 Å². The van der Waals surface area contributed by atoms with Crippen molar-refractivity contribution in [3.8, 4) is 12.1 Å². The van der Waals surface area contributed by atoms with Gasteiger partial charge < -0.3 is 5.32 Å². The van der Waals surface area contributed by atoms with Gasteiger partial charge in [0, 0.05) is 11.9 Å². The number of nitriles is 2. The fraction of sp³-hybridized carbons (Fsp3) is 0. The van der Waals surface area contributed by atoms with E-state index in [1.807, 2.05) is 12.1 Å². The number of carbonyl (C=O) groups is 1. The largest absolute Gasteiger partial charge is 0.321 e. The molecule has 5 heteroatoms. The van der Waals surface area contributed by atoms with Gasteiger partial charge in [-0.15, -0.1) is 0 Å². The first-order valence-electron chi connectivity index (χ1n) is 5.40. The van der Waals surface area contributed by atoms with Crippen LogP contribution in [0.15, 0.2) is 42.6 Å². The summed E-state index contributed by atoms with van der Waals surface area (Å²) in [5, 5.41) is 20.0. The second-order valence-corrected chi connectivity index (χ2v) is 3.69. The minimum atomic E-state index is -0.366. The highest BCUT2D eigenvalue weighted by molar-refractivity contribution is 6.02. The molecule has 1 heterocycles. The Morgan fingerprint density at radius 1 is 1.00 bits per heavy atom. The summed E-state index contributed by atoms with van der Waals surface area (Å²) in [6.45, 7) is 0. The summed E-state index contributed by atoms with van der Waals surface area (Å²) in [7, 11) is 0. The number of carbonyl (C=O) groups excluding carboxylic acids is 1. The van der Waals surface area contributed by atoms with Crippen molar-refractivity contribution in [3.05, 3.63) is 59.4 Å². The standard InChI is InChI=1S/C14H8N4O/c15-7-10-1-4-12(5-2-10)18-14(19)13-6-3-11(8-16)9-17-13/h1-6,9H,(H,18,19). The number of nitrogens with zero attached hydrogens (tertiary/aromatic N) is 3. The molecular formula is C14H8N4O. The molecule has 0 aliphatic carbocycles. The maximum Gasteiger partial charge on any atom is 0.274 e. The second kappa shape index (κ2) is 5.44. The summed E-state index contributed by atoms with van der Waals surface area (Å²) in [6.07, 6.45) is 1.34. The van der Waals surface area contributed by atoms with Crippen LogP contribution in [0, 0.1) is 22.7 Å². The van der Waals surface area contributed by atoms with E-state index in [9.17, 15) is 4.79 Å². The average molecular weight is 248 g/mol. The predicted octanol–water partition coefficient (Wildman–Crippen LogP) is 2.08. The van der Waals surface area contributed by atoms with E-state index in [1.165, 1.54) is 18.3 Å². The first-order valence-corrected chi connectivity index (χ1v) is 5.40. The van der Waals surface area contributed by atoms with Gasteiger partial charge in [-0.1, -0.05) is 0 Å². The van der Waals surface area contributed by atoms with E-state index in [0.717, 1.165) is 0 Å². The Bertz CT molecular complexity index is 675. The zero-order chi connectivity index (χ0) is 13.7. The zero-order valence-corrected chi connectivity index (χ0v) is 9.79. The van der Waals surface area contributed by atoms with E-state index >= 15 is 0 Å². The molecule has 0 saturated carbocycles. The van der Waals surface area contributed by atoms with Crippen LogP contribution < -0.4 is 5.32 Å². The lowest BCUT2D eigenvalue weighted by Gasteiger charge is -2.04. The van der Waals surface area contributed by atoms with Crippen molar-refractivity contribution in [1.82, 2.24) is 4.98 Å². The number of rotatable bonds is 2. The summed E-state index contributed by atoms with van der Waals surface area (Å²) in [6, 6.07) is 13.4. The Morgan fingerprint density at radius 2 is 1.63 bits per heavy atom. The van der Waals surface area contributed by atoms with Crippen LogP contribution in [0.3, 0.4) is 0 Å². The number of pyridine rings is 1. The molecule has 1 amide bonds. The highest BCUT2D eigenvalue weighted by Gasteiger charge is 2.07. The molecule has 0 atom stereocenters. The molecule has 0 unspecified atom stereocenters. The van der Waals surface area contributed by atoms with Gasteiger partial charge in [0.2, 0.25) is 0 Å². The molecular weight excluding hydrogens is 240 g/mol. The van der Waals surface area contributed by atoms with Crippen LogP contribution in [0.4, 0.5) is 5.69 Å². The van der Waals surface area contributed by atoms with Crippen molar-refractivity contribution in [3.63, 3.8) is 0 Å². The molecule has 0 fully saturated rings. The maximum atomic E-state index is 11.8. The van der Waals surface area contributed by atoms with Crippen molar-refractivity contribution in [2.24, 2.45) is 0 Å². The quantitative estimate of drug-likeness (QED) is 0.880. The molecule has 19 heavy (non-hydrogen) atoms. The summed E-state index contributed by atoms with van der Waals surface area (Å²) >= 11 is 0. The van der Waals surface area contributed by atoms with Crippen molar-refractivity contribution < 1.29 is 4.79 Å². The van der Waals surface area contributed by atoms with Gasteiger partial charge in [0.05, 0.1) is 17.2 Å². The van der Waals surface area contributed by atoms with E-state index < -0.39 is 0 Å². The first-order chi connectivity index (χ1) is 9.22. The Morgan fingerprint density at radius 3 is 2.16 bits per heavy atom. The lowest BCUT2D eigenvalue weighted by atomic mass is 10.2. The molecule has 1 aromatic heterocycles. The zero-order valence-electron chi connectivity index (χ0n) is 9.79. The van der Waals surface area contributed by atoms with Crippen molar-refractivity contribution >= 4 is 11.6 Å². The average Bonchev–Trinajstić information content (AvgIpc) is 2.48. The molecule has 2 aromatic rings. The molecule has 0 radical (unpaired) electrons. The van der Waals surface area contributed by atoms with Gasteiger partial charge in [-0.2, -0.15) is 10.5 Å². The van der Waals surface area contributed by atoms with Crippen molar-refractivity contribution in [1.29, 1.82) is 10.5 Å². The number of anilines is 1. The first kappa shape index (κ1) is 12.3. The molecule has 0 bridgehead atoms. The Balaban J connectivity index is 2.11. The Hall–Kier alpha value is -3.18. The van der Waals surface area contributed by atoms with Crippen LogP contribution in [0.5, 0.6) is 0 Å². The highest BCUT2D eigenvalue weighted by atomic mass is 16.1. The van der Waals surface area contributed by atoms with Crippen LogP contribution >= 0.6 is 0 Å². The van der Waals surface area contributed by atoms with Crippen LogP contribution in [0.25, 0.3) is 0 Å². The fourth-order valence-corrected chi connectivity index (χ4v) is 1.42. The van der Waals surface area contributed by atoms with Gasteiger partial charge in [0.15, 0.2) is 0 Å². The molecule has 0 aliphatic heterocycles. The van der Waals surface area contributed by atoms with E-state index in [4.69, 9.17) is 10.5 Å². The molecule has 90 valence electrons. The van der Waals surface area contributed by atoms with Crippen LogP contribution in [-0.2, 0) is 0 Å². The van der Waals surface area contributed by atoms with Gasteiger partial charge in [-0.3, -0.25) is 4.79 Å². The number of nitrogens with one attached hydrogen (secondary N) is 1. The Labute approximate surface area is 109 Å². The SMILES string of the molecule is N#Cc1ccc(NC(=O)c2ccc(C#N)cn2)cc1. The summed E-state index contributed by atoms with van der Waals surface area (Å²) < 4.78 is 0. The van der Waals surface area contributed by atoms with E-state index in [-0.39, 0.29) is 11.6 Å². The third-order valence-corrected chi connectivity index (χ3v) is 2.40. The number of hydrogen-bond donors (Lipinski definition) is 1. The summed E-state index contributed by atoms with van der Waals surface area (Å²) in [5.74, 6) is -0.366. The third kappa shape index (κ3) is 2.93. The summed E-state index contributed by atoms with van der Waals surface area (Å²) in [5.41, 5.74) is 1.72. The van der Waals surface area contributed by atoms with Gasteiger partial charge in [-0.25, -0.2) is 4.98 Å². The minimum absolute atomic E-state index is 0.225. The molecule has 1 aromatic carbocycles.